The maximum absolute atomic E-state index is 6.00. The van der Waals surface area contributed by atoms with Crippen LogP contribution in [0.1, 0.15) is 29.3 Å². The number of hydrogen-bond acceptors (Lipinski definition) is 3. The molecule has 1 unspecified atom stereocenters. The highest BCUT2D eigenvalue weighted by atomic mass is 15.3. The maximum Gasteiger partial charge on any atom is 0.134 e. The van der Waals surface area contributed by atoms with Crippen LogP contribution in [-0.2, 0) is 6.42 Å². The lowest BCUT2D eigenvalue weighted by Gasteiger charge is -2.13. The van der Waals surface area contributed by atoms with Crippen LogP contribution >= 0.6 is 0 Å². The zero-order valence-electron chi connectivity index (χ0n) is 11.4. The van der Waals surface area contributed by atoms with Crippen molar-refractivity contribution in [1.82, 2.24) is 14.8 Å². The van der Waals surface area contributed by atoms with E-state index >= 15 is 0 Å². The summed E-state index contributed by atoms with van der Waals surface area (Å²) in [5.41, 5.74) is 10.8. The highest BCUT2D eigenvalue weighted by Crippen LogP contribution is 2.36. The van der Waals surface area contributed by atoms with Crippen molar-refractivity contribution < 1.29 is 0 Å². The van der Waals surface area contributed by atoms with Gasteiger partial charge in [-0.15, -0.1) is 0 Å². The molecular formula is C16H16N4. The van der Waals surface area contributed by atoms with Crippen LogP contribution in [0.2, 0.25) is 0 Å². The van der Waals surface area contributed by atoms with E-state index in [1.807, 2.05) is 13.0 Å². The van der Waals surface area contributed by atoms with Crippen LogP contribution in [-0.4, -0.2) is 14.8 Å². The Morgan fingerprint density at radius 1 is 1.25 bits per heavy atom. The second kappa shape index (κ2) is 4.07. The molecule has 4 heteroatoms. The Bertz CT molecular complexity index is 803. The summed E-state index contributed by atoms with van der Waals surface area (Å²) in [5.74, 6) is 0.567. The molecular weight excluding hydrogens is 248 g/mol. The third kappa shape index (κ3) is 1.48. The Hall–Kier alpha value is -2.36. The van der Waals surface area contributed by atoms with Crippen LogP contribution < -0.4 is 5.73 Å². The van der Waals surface area contributed by atoms with Gasteiger partial charge in [-0.2, -0.15) is 5.10 Å². The maximum atomic E-state index is 6.00. The highest BCUT2D eigenvalue weighted by molar-refractivity contribution is 5.90. The molecule has 0 spiro atoms. The number of aromatic nitrogens is 3. The molecule has 0 radical (unpaired) electrons. The summed E-state index contributed by atoms with van der Waals surface area (Å²) in [4.78, 5) is 4.18. The Labute approximate surface area is 117 Å². The molecule has 2 N–H and O–H groups in total. The van der Waals surface area contributed by atoms with Gasteiger partial charge in [0.05, 0.1) is 22.6 Å². The Kier molecular flexibility index (Phi) is 2.33. The lowest BCUT2D eigenvalue weighted by molar-refractivity contribution is 0.533. The number of nitrogen functional groups attached to an aromatic ring is 1. The minimum absolute atomic E-state index is 0.309. The van der Waals surface area contributed by atoms with Gasteiger partial charge in [0.15, 0.2) is 0 Å². The molecule has 0 amide bonds. The number of nitrogens with zero attached hydrogens (tertiary/aromatic N) is 3. The van der Waals surface area contributed by atoms with Crippen LogP contribution in [0.4, 0.5) is 5.82 Å². The fourth-order valence-corrected chi connectivity index (χ4v) is 3.32. The Morgan fingerprint density at radius 3 is 3.00 bits per heavy atom. The van der Waals surface area contributed by atoms with Gasteiger partial charge in [-0.1, -0.05) is 24.3 Å². The molecule has 0 fully saturated rings. The lowest BCUT2D eigenvalue weighted by Crippen LogP contribution is -2.09. The first-order valence-corrected chi connectivity index (χ1v) is 6.93. The fraction of sp³-hybridized carbons (Fsp3) is 0.250. The van der Waals surface area contributed by atoms with E-state index in [9.17, 15) is 0 Å². The minimum atomic E-state index is 0.309. The molecule has 100 valence electrons. The monoisotopic (exact) mass is 264 g/mol. The van der Waals surface area contributed by atoms with Crippen molar-refractivity contribution >= 4 is 16.7 Å². The van der Waals surface area contributed by atoms with E-state index in [0.29, 0.717) is 11.9 Å². The van der Waals surface area contributed by atoms with Crippen molar-refractivity contribution in [2.75, 3.05) is 5.73 Å². The highest BCUT2D eigenvalue weighted by Gasteiger charge is 2.26. The van der Waals surface area contributed by atoms with E-state index in [-0.39, 0.29) is 0 Å². The number of aryl methyl sites for hydroxylation is 2. The molecule has 2 heterocycles. The van der Waals surface area contributed by atoms with E-state index in [0.717, 1.165) is 29.4 Å². The van der Waals surface area contributed by atoms with Crippen molar-refractivity contribution in [3.63, 3.8) is 0 Å². The zero-order chi connectivity index (χ0) is 13.7. The molecule has 3 aromatic rings. The van der Waals surface area contributed by atoms with Gasteiger partial charge in [-0.3, -0.25) is 4.68 Å². The molecule has 20 heavy (non-hydrogen) atoms. The summed E-state index contributed by atoms with van der Waals surface area (Å²) in [6.45, 7) is 2.00. The summed E-state index contributed by atoms with van der Waals surface area (Å²) in [7, 11) is 0. The van der Waals surface area contributed by atoms with Gasteiger partial charge in [0.1, 0.15) is 5.82 Å². The van der Waals surface area contributed by atoms with Crippen molar-refractivity contribution in [2.45, 2.75) is 25.8 Å². The number of fused-ring (bicyclic) bond motifs is 2. The van der Waals surface area contributed by atoms with Crippen LogP contribution in [0.25, 0.3) is 10.9 Å². The first kappa shape index (κ1) is 11.5. The molecule has 0 bridgehead atoms. The van der Waals surface area contributed by atoms with Gasteiger partial charge in [0.25, 0.3) is 0 Å². The number of anilines is 1. The SMILES string of the molecule is Cc1nn(C2CCc3ccccc32)c2ccnc(N)c12. The third-order valence-electron chi connectivity index (χ3n) is 4.22. The normalized spacial score (nSPS) is 17.6. The summed E-state index contributed by atoms with van der Waals surface area (Å²) < 4.78 is 2.12. The number of benzene rings is 1. The third-order valence-corrected chi connectivity index (χ3v) is 4.22. The average Bonchev–Trinajstić information content (AvgIpc) is 3.01. The molecule has 1 atom stereocenters. The van der Waals surface area contributed by atoms with Gasteiger partial charge < -0.3 is 5.73 Å². The second-order valence-electron chi connectivity index (χ2n) is 5.37. The number of pyridine rings is 1. The Balaban J connectivity index is 1.95. The van der Waals surface area contributed by atoms with E-state index in [1.54, 1.807) is 6.20 Å². The van der Waals surface area contributed by atoms with Crippen LogP contribution in [0.15, 0.2) is 36.5 Å². The van der Waals surface area contributed by atoms with Crippen molar-refractivity contribution in [1.29, 1.82) is 0 Å². The fourth-order valence-electron chi connectivity index (χ4n) is 3.32. The lowest BCUT2D eigenvalue weighted by atomic mass is 10.1. The van der Waals surface area contributed by atoms with E-state index < -0.39 is 0 Å². The molecule has 1 aromatic carbocycles. The van der Waals surface area contributed by atoms with Gasteiger partial charge in [-0.05, 0) is 37.0 Å². The summed E-state index contributed by atoms with van der Waals surface area (Å²) in [5, 5.41) is 5.71. The van der Waals surface area contributed by atoms with Crippen molar-refractivity contribution in [3.8, 4) is 0 Å². The van der Waals surface area contributed by atoms with Crippen molar-refractivity contribution in [2.24, 2.45) is 0 Å². The molecule has 0 saturated carbocycles. The zero-order valence-corrected chi connectivity index (χ0v) is 11.4. The molecule has 4 nitrogen and oxygen atoms in total. The van der Waals surface area contributed by atoms with E-state index in [1.165, 1.54) is 11.1 Å². The predicted octanol–water partition coefficient (Wildman–Crippen LogP) is 2.86. The van der Waals surface area contributed by atoms with Gasteiger partial charge >= 0.3 is 0 Å². The summed E-state index contributed by atoms with van der Waals surface area (Å²) >= 11 is 0. The van der Waals surface area contributed by atoms with E-state index in [2.05, 4.69) is 33.9 Å². The van der Waals surface area contributed by atoms with Gasteiger partial charge in [-0.25, -0.2) is 4.98 Å². The van der Waals surface area contributed by atoms with Crippen LogP contribution in [0, 0.1) is 6.92 Å². The van der Waals surface area contributed by atoms with E-state index in [4.69, 9.17) is 10.8 Å². The number of nitrogens with two attached hydrogens (primary N) is 1. The molecule has 1 aliphatic carbocycles. The number of rotatable bonds is 1. The van der Waals surface area contributed by atoms with Gasteiger partial charge in [0, 0.05) is 6.20 Å². The predicted molar refractivity (Wildman–Crippen MR) is 79.6 cm³/mol. The molecule has 4 rings (SSSR count). The molecule has 0 saturated heterocycles. The first-order valence-electron chi connectivity index (χ1n) is 6.93. The van der Waals surface area contributed by atoms with Crippen LogP contribution in [0.5, 0.6) is 0 Å². The topological polar surface area (TPSA) is 56.7 Å². The van der Waals surface area contributed by atoms with Crippen molar-refractivity contribution in [3.05, 3.63) is 53.3 Å². The van der Waals surface area contributed by atoms with Crippen LogP contribution in [0.3, 0.4) is 0 Å². The average molecular weight is 264 g/mol. The first-order chi connectivity index (χ1) is 9.75. The standard InChI is InChI=1S/C16H16N4/c1-10-15-14(8-9-18-16(15)17)20(19-10)13-7-6-11-4-2-3-5-12(11)13/h2-5,8-9,13H,6-7H2,1H3,(H2,17,18). The second-order valence-corrected chi connectivity index (χ2v) is 5.37. The quantitative estimate of drug-likeness (QED) is 0.735. The smallest absolute Gasteiger partial charge is 0.134 e. The number of hydrogen-bond donors (Lipinski definition) is 1. The largest absolute Gasteiger partial charge is 0.383 e. The Morgan fingerprint density at radius 2 is 2.10 bits per heavy atom. The molecule has 0 aliphatic heterocycles. The summed E-state index contributed by atoms with van der Waals surface area (Å²) in [6.07, 6.45) is 3.97. The minimum Gasteiger partial charge on any atom is -0.383 e. The molecule has 2 aromatic heterocycles. The summed E-state index contributed by atoms with van der Waals surface area (Å²) in [6, 6.07) is 10.9. The van der Waals surface area contributed by atoms with Gasteiger partial charge in [0.2, 0.25) is 0 Å². The molecule has 1 aliphatic rings.